The van der Waals surface area contributed by atoms with Crippen molar-refractivity contribution in [1.29, 1.82) is 0 Å². The summed E-state index contributed by atoms with van der Waals surface area (Å²) in [6.45, 7) is 7.56. The van der Waals surface area contributed by atoms with Crippen LogP contribution in [-0.2, 0) is 45.1 Å². The van der Waals surface area contributed by atoms with Crippen molar-refractivity contribution in [3.8, 4) is 5.75 Å². The molecule has 1 aliphatic heterocycles. The molecule has 1 saturated carbocycles. The molecule has 0 bridgehead atoms. The lowest BCUT2D eigenvalue weighted by atomic mass is 9.82. The van der Waals surface area contributed by atoms with Crippen LogP contribution in [-0.4, -0.2) is 64.4 Å². The van der Waals surface area contributed by atoms with Gasteiger partial charge in [-0.2, -0.15) is 0 Å². The van der Waals surface area contributed by atoms with E-state index in [-0.39, 0.29) is 30.3 Å². The first kappa shape index (κ1) is 38.9. The van der Waals surface area contributed by atoms with Crippen LogP contribution in [0.15, 0.2) is 72.8 Å². The SMILES string of the molecule is CC(C(=O)NC(C(=O)N1Cc2cc(OCc3ccccc3)ccc2C[C@@H]1C(=O)N[C@H]1CCCc2ccccc21)C1CCCCC1)N(C)C(=O)OC(C)(C)C. The van der Waals surface area contributed by atoms with Gasteiger partial charge in [-0.25, -0.2) is 4.79 Å². The predicted molar refractivity (Wildman–Crippen MR) is 207 cm³/mol. The zero-order valence-corrected chi connectivity index (χ0v) is 32.4. The highest BCUT2D eigenvalue weighted by atomic mass is 16.6. The average Bonchev–Trinajstić information content (AvgIpc) is 3.17. The fourth-order valence-corrected chi connectivity index (χ4v) is 8.00. The van der Waals surface area contributed by atoms with E-state index in [1.165, 1.54) is 17.5 Å². The second-order valence-electron chi connectivity index (χ2n) is 16.2. The molecule has 6 rings (SSSR count). The number of nitrogens with one attached hydrogen (secondary N) is 2. The summed E-state index contributed by atoms with van der Waals surface area (Å²) in [5, 5.41) is 6.40. The summed E-state index contributed by atoms with van der Waals surface area (Å²) in [5.74, 6) is -0.353. The quantitative estimate of drug-likeness (QED) is 0.231. The van der Waals surface area contributed by atoms with Crippen LogP contribution in [0, 0.1) is 5.92 Å². The summed E-state index contributed by atoms with van der Waals surface area (Å²) >= 11 is 0. The molecule has 3 aliphatic rings. The minimum absolute atomic E-state index is 0.106. The highest BCUT2D eigenvalue weighted by Gasteiger charge is 2.42. The van der Waals surface area contributed by atoms with Crippen molar-refractivity contribution in [1.82, 2.24) is 20.4 Å². The fraction of sp³-hybridized carbons (Fsp3) is 0.500. The van der Waals surface area contributed by atoms with E-state index >= 15 is 4.79 Å². The molecule has 3 aromatic rings. The van der Waals surface area contributed by atoms with Gasteiger partial charge in [-0.3, -0.25) is 19.3 Å². The Labute approximate surface area is 320 Å². The third-order valence-corrected chi connectivity index (χ3v) is 11.2. The van der Waals surface area contributed by atoms with E-state index in [1.54, 1.807) is 32.6 Å². The van der Waals surface area contributed by atoms with Gasteiger partial charge in [0.2, 0.25) is 17.7 Å². The van der Waals surface area contributed by atoms with Crippen molar-refractivity contribution < 1.29 is 28.7 Å². The maximum atomic E-state index is 15.1. The molecule has 54 heavy (non-hydrogen) atoms. The molecule has 2 unspecified atom stereocenters. The molecule has 4 atom stereocenters. The van der Waals surface area contributed by atoms with E-state index < -0.39 is 35.7 Å². The Balaban J connectivity index is 1.28. The predicted octanol–water partition coefficient (Wildman–Crippen LogP) is 7.03. The van der Waals surface area contributed by atoms with Gasteiger partial charge < -0.3 is 25.0 Å². The van der Waals surface area contributed by atoms with Crippen molar-refractivity contribution in [2.45, 2.75) is 128 Å². The monoisotopic (exact) mass is 736 g/mol. The number of rotatable bonds is 10. The molecule has 288 valence electrons. The molecule has 1 fully saturated rings. The summed E-state index contributed by atoms with van der Waals surface area (Å²) in [4.78, 5) is 59.2. The topological polar surface area (TPSA) is 117 Å². The summed E-state index contributed by atoms with van der Waals surface area (Å²) in [6.07, 6.45) is 7.02. The van der Waals surface area contributed by atoms with Crippen LogP contribution in [0.4, 0.5) is 4.79 Å². The molecular formula is C44H56N4O6. The zero-order valence-electron chi connectivity index (χ0n) is 32.4. The Kier molecular flexibility index (Phi) is 12.3. The van der Waals surface area contributed by atoms with Crippen LogP contribution in [0.2, 0.25) is 0 Å². The van der Waals surface area contributed by atoms with Gasteiger partial charge in [-0.1, -0.05) is 79.9 Å². The largest absolute Gasteiger partial charge is 0.489 e. The van der Waals surface area contributed by atoms with E-state index in [4.69, 9.17) is 9.47 Å². The molecule has 10 heteroatoms. The summed E-state index contributed by atoms with van der Waals surface area (Å²) in [7, 11) is 1.53. The molecule has 0 spiro atoms. The number of nitrogens with zero attached hydrogens (tertiary/aromatic N) is 2. The Morgan fingerprint density at radius 1 is 0.870 bits per heavy atom. The Hall–Kier alpha value is -4.86. The number of amides is 4. The average molecular weight is 737 g/mol. The van der Waals surface area contributed by atoms with Crippen molar-refractivity contribution >= 4 is 23.8 Å². The van der Waals surface area contributed by atoms with Crippen LogP contribution in [0.5, 0.6) is 5.75 Å². The third-order valence-electron chi connectivity index (χ3n) is 11.2. The molecule has 0 saturated heterocycles. The van der Waals surface area contributed by atoms with Crippen LogP contribution in [0.3, 0.4) is 0 Å². The van der Waals surface area contributed by atoms with Crippen LogP contribution in [0.1, 0.15) is 106 Å². The Morgan fingerprint density at radius 2 is 1.59 bits per heavy atom. The molecule has 10 nitrogen and oxygen atoms in total. The number of hydrogen-bond acceptors (Lipinski definition) is 6. The van der Waals surface area contributed by atoms with Gasteiger partial charge in [0, 0.05) is 20.0 Å². The molecular weight excluding hydrogens is 681 g/mol. The number of carbonyl (C=O) groups is 4. The number of ether oxygens (including phenoxy) is 2. The molecule has 1 heterocycles. The van der Waals surface area contributed by atoms with E-state index in [0.717, 1.165) is 73.6 Å². The van der Waals surface area contributed by atoms with Gasteiger partial charge in [-0.05, 0) is 106 Å². The number of fused-ring (bicyclic) bond motifs is 2. The van der Waals surface area contributed by atoms with Gasteiger partial charge in [0.25, 0.3) is 0 Å². The second-order valence-corrected chi connectivity index (χ2v) is 16.2. The van der Waals surface area contributed by atoms with E-state index in [1.807, 2.05) is 60.7 Å². The molecule has 2 N–H and O–H groups in total. The molecule has 0 radical (unpaired) electrons. The number of likely N-dealkylation sites (N-methyl/N-ethyl adjacent to an activating group) is 1. The first-order chi connectivity index (χ1) is 25.9. The molecule has 0 aromatic heterocycles. The Bertz CT molecular complexity index is 1800. The zero-order chi connectivity index (χ0) is 38.4. The van der Waals surface area contributed by atoms with E-state index in [0.29, 0.717) is 18.8 Å². The van der Waals surface area contributed by atoms with Crippen molar-refractivity contribution in [2.75, 3.05) is 7.05 Å². The normalized spacial score (nSPS) is 19.7. The number of benzene rings is 3. The maximum Gasteiger partial charge on any atom is 0.410 e. The van der Waals surface area contributed by atoms with E-state index in [9.17, 15) is 14.4 Å². The standard InChI is InChI=1S/C44H56N4O6/c1-29(47(5)43(52)54-44(2,3)4)40(49)46-39(32-18-10-7-11-19-32)42(51)48-27-34-25-35(53-28-30-15-8-6-9-16-30)24-23-33(34)26-38(48)41(50)45-37-22-14-20-31-17-12-13-21-36(31)37/h6,8-9,12-13,15-17,21,23-25,29,32,37-39H,7,10-11,14,18-20,22,26-28H2,1-5H3,(H,45,50)(H,46,49)/t29?,37-,38+,39?/m0/s1. The Morgan fingerprint density at radius 3 is 2.33 bits per heavy atom. The number of aryl methyl sites for hydroxylation is 1. The van der Waals surface area contributed by atoms with Crippen LogP contribution < -0.4 is 15.4 Å². The number of hydrogen-bond donors (Lipinski definition) is 2. The van der Waals surface area contributed by atoms with Crippen molar-refractivity contribution in [2.24, 2.45) is 5.92 Å². The summed E-state index contributed by atoms with van der Waals surface area (Å²) < 4.78 is 11.7. The smallest absolute Gasteiger partial charge is 0.410 e. The molecule has 4 amide bonds. The maximum absolute atomic E-state index is 15.1. The van der Waals surface area contributed by atoms with Crippen LogP contribution in [0.25, 0.3) is 0 Å². The summed E-state index contributed by atoms with van der Waals surface area (Å²) in [6, 6.07) is 21.4. The lowest BCUT2D eigenvalue weighted by molar-refractivity contribution is -0.146. The first-order valence-electron chi connectivity index (χ1n) is 19.6. The minimum atomic E-state index is -0.893. The van der Waals surface area contributed by atoms with Crippen molar-refractivity contribution in [3.63, 3.8) is 0 Å². The van der Waals surface area contributed by atoms with Gasteiger partial charge in [-0.15, -0.1) is 0 Å². The minimum Gasteiger partial charge on any atom is -0.489 e. The van der Waals surface area contributed by atoms with Gasteiger partial charge >= 0.3 is 6.09 Å². The van der Waals surface area contributed by atoms with Crippen molar-refractivity contribution in [3.05, 3.63) is 101 Å². The summed E-state index contributed by atoms with van der Waals surface area (Å²) in [5.41, 5.74) is 4.58. The molecule has 2 aliphatic carbocycles. The number of carbonyl (C=O) groups excluding carboxylic acids is 4. The third kappa shape index (κ3) is 9.43. The highest BCUT2D eigenvalue weighted by Crippen LogP contribution is 2.34. The highest BCUT2D eigenvalue weighted by molar-refractivity contribution is 5.94. The lowest BCUT2D eigenvalue weighted by Crippen LogP contribution is -2.61. The van der Waals surface area contributed by atoms with Gasteiger partial charge in [0.1, 0.15) is 36.1 Å². The fourth-order valence-electron chi connectivity index (χ4n) is 8.00. The second kappa shape index (κ2) is 17.1. The van der Waals surface area contributed by atoms with E-state index in [2.05, 4.69) is 22.8 Å². The van der Waals surface area contributed by atoms with Gasteiger partial charge in [0.15, 0.2) is 0 Å². The van der Waals surface area contributed by atoms with Crippen LogP contribution >= 0.6 is 0 Å². The lowest BCUT2D eigenvalue weighted by Gasteiger charge is -2.41. The molecule has 3 aromatic carbocycles. The first-order valence-corrected chi connectivity index (χ1v) is 19.6. The van der Waals surface area contributed by atoms with Gasteiger partial charge in [0.05, 0.1) is 6.04 Å².